The summed E-state index contributed by atoms with van der Waals surface area (Å²) in [7, 11) is 0. The van der Waals surface area contributed by atoms with E-state index < -0.39 is 17.6 Å². The fourth-order valence-corrected chi connectivity index (χ4v) is 1.69. The molecule has 0 atom stereocenters. The zero-order valence-electron chi connectivity index (χ0n) is 11.9. The minimum atomic E-state index is -0.665. The number of hydrogen-bond acceptors (Lipinski definition) is 4. The van der Waals surface area contributed by atoms with Crippen LogP contribution in [0.3, 0.4) is 0 Å². The molecule has 0 saturated heterocycles. The molecule has 0 fully saturated rings. The Balaban J connectivity index is 2.36. The second-order valence-corrected chi connectivity index (χ2v) is 6.00. The molecule has 0 aliphatic heterocycles. The first kappa shape index (κ1) is 17.4. The van der Waals surface area contributed by atoms with Gasteiger partial charge >= 0.3 is 6.09 Å². The molecule has 8 heteroatoms. The molecule has 0 unspecified atom stereocenters. The van der Waals surface area contributed by atoms with E-state index in [1.807, 2.05) is 0 Å². The van der Waals surface area contributed by atoms with Gasteiger partial charge in [-0.15, -0.1) is 0 Å². The van der Waals surface area contributed by atoms with Crippen molar-refractivity contribution in [2.45, 2.75) is 26.4 Å². The molecular formula is C13H17Cl2N3O3. The van der Waals surface area contributed by atoms with Crippen LogP contribution in [0.1, 0.15) is 20.8 Å². The summed E-state index contributed by atoms with van der Waals surface area (Å²) in [5.74, 6) is -0.452. The predicted molar refractivity (Wildman–Crippen MR) is 82.5 cm³/mol. The molecule has 0 radical (unpaired) electrons. The van der Waals surface area contributed by atoms with Gasteiger partial charge in [0.05, 0.1) is 10.7 Å². The van der Waals surface area contributed by atoms with Crippen LogP contribution < -0.4 is 16.2 Å². The van der Waals surface area contributed by atoms with Gasteiger partial charge in [-0.2, -0.15) is 0 Å². The maximum Gasteiger partial charge on any atom is 0.408 e. The van der Waals surface area contributed by atoms with Crippen molar-refractivity contribution in [2.75, 3.05) is 12.0 Å². The fourth-order valence-electron chi connectivity index (χ4n) is 1.24. The number of carbonyl (C=O) groups is 2. The van der Waals surface area contributed by atoms with Gasteiger partial charge in [-0.3, -0.25) is 15.6 Å². The molecule has 0 aliphatic rings. The molecule has 21 heavy (non-hydrogen) atoms. The number of benzene rings is 1. The smallest absolute Gasteiger partial charge is 0.408 e. The van der Waals surface area contributed by atoms with Crippen molar-refractivity contribution in [1.82, 2.24) is 10.7 Å². The summed E-state index contributed by atoms with van der Waals surface area (Å²) in [6.45, 7) is 4.97. The third-order valence-corrected chi connectivity index (χ3v) is 2.61. The SMILES string of the molecule is CC(C)(C)OC(=O)NCC(=O)NNc1ccc(Cl)cc1Cl. The number of amides is 2. The van der Waals surface area contributed by atoms with E-state index in [2.05, 4.69) is 16.2 Å². The lowest BCUT2D eigenvalue weighted by Crippen LogP contribution is -2.41. The van der Waals surface area contributed by atoms with E-state index in [4.69, 9.17) is 27.9 Å². The Kier molecular flexibility index (Phi) is 6.11. The molecule has 1 aromatic rings. The molecule has 0 heterocycles. The van der Waals surface area contributed by atoms with Crippen LogP contribution in [0.15, 0.2) is 18.2 Å². The number of carbonyl (C=O) groups excluding carboxylic acids is 2. The first-order valence-corrected chi connectivity index (χ1v) is 6.90. The van der Waals surface area contributed by atoms with Crippen LogP contribution in [-0.4, -0.2) is 24.1 Å². The van der Waals surface area contributed by atoms with Crippen molar-refractivity contribution in [2.24, 2.45) is 0 Å². The molecular weight excluding hydrogens is 317 g/mol. The van der Waals surface area contributed by atoms with Gasteiger partial charge in [0.25, 0.3) is 5.91 Å². The van der Waals surface area contributed by atoms with Gasteiger partial charge < -0.3 is 10.1 Å². The first-order valence-electron chi connectivity index (χ1n) is 6.14. The maximum absolute atomic E-state index is 11.6. The number of alkyl carbamates (subject to hydrolysis) is 1. The number of ether oxygens (including phenoxy) is 1. The van der Waals surface area contributed by atoms with E-state index in [9.17, 15) is 9.59 Å². The van der Waals surface area contributed by atoms with Crippen molar-refractivity contribution >= 4 is 40.9 Å². The van der Waals surface area contributed by atoms with Crippen LogP contribution in [0.5, 0.6) is 0 Å². The molecule has 0 aliphatic carbocycles. The number of hydrazine groups is 1. The van der Waals surface area contributed by atoms with Crippen molar-refractivity contribution < 1.29 is 14.3 Å². The minimum Gasteiger partial charge on any atom is -0.444 e. The van der Waals surface area contributed by atoms with Crippen LogP contribution in [0.4, 0.5) is 10.5 Å². The van der Waals surface area contributed by atoms with Gasteiger partial charge in [0.15, 0.2) is 0 Å². The predicted octanol–water partition coefficient (Wildman–Crippen LogP) is 2.96. The zero-order chi connectivity index (χ0) is 16.0. The standard InChI is InChI=1S/C13H17Cl2N3O3/c1-13(2,3)21-12(20)16-7-11(19)18-17-10-5-4-8(14)6-9(10)15/h4-6,17H,7H2,1-3H3,(H,16,20)(H,18,19). The van der Waals surface area contributed by atoms with Crippen LogP contribution in [0.25, 0.3) is 0 Å². The highest BCUT2D eigenvalue weighted by Gasteiger charge is 2.16. The molecule has 1 aromatic carbocycles. The summed E-state index contributed by atoms with van der Waals surface area (Å²) >= 11 is 11.7. The summed E-state index contributed by atoms with van der Waals surface area (Å²) in [6, 6.07) is 4.78. The van der Waals surface area contributed by atoms with E-state index in [0.29, 0.717) is 15.7 Å². The topological polar surface area (TPSA) is 79.5 Å². The number of anilines is 1. The molecule has 3 N–H and O–H groups in total. The Labute approximate surface area is 133 Å². The monoisotopic (exact) mass is 333 g/mol. The van der Waals surface area contributed by atoms with Gasteiger partial charge in [0, 0.05) is 5.02 Å². The van der Waals surface area contributed by atoms with Crippen molar-refractivity contribution in [3.05, 3.63) is 28.2 Å². The van der Waals surface area contributed by atoms with E-state index in [1.54, 1.807) is 32.9 Å². The van der Waals surface area contributed by atoms with Crippen LogP contribution in [0, 0.1) is 0 Å². The molecule has 0 aromatic heterocycles. The second-order valence-electron chi connectivity index (χ2n) is 5.15. The van der Waals surface area contributed by atoms with E-state index in [-0.39, 0.29) is 6.54 Å². The van der Waals surface area contributed by atoms with Crippen LogP contribution in [-0.2, 0) is 9.53 Å². The normalized spacial score (nSPS) is 10.7. The van der Waals surface area contributed by atoms with E-state index >= 15 is 0 Å². The fraction of sp³-hybridized carbons (Fsp3) is 0.385. The van der Waals surface area contributed by atoms with Gasteiger partial charge in [0.1, 0.15) is 12.1 Å². The third-order valence-electron chi connectivity index (χ3n) is 2.06. The Morgan fingerprint density at radius 2 is 1.90 bits per heavy atom. The number of hydrogen-bond donors (Lipinski definition) is 3. The van der Waals surface area contributed by atoms with Gasteiger partial charge in [-0.25, -0.2) is 4.79 Å². The van der Waals surface area contributed by atoms with Crippen molar-refractivity contribution in [3.63, 3.8) is 0 Å². The molecule has 116 valence electrons. The number of nitrogens with one attached hydrogen (secondary N) is 3. The van der Waals surface area contributed by atoms with Crippen LogP contribution >= 0.6 is 23.2 Å². The highest BCUT2D eigenvalue weighted by molar-refractivity contribution is 6.36. The molecule has 0 saturated carbocycles. The minimum absolute atomic E-state index is 0.229. The number of halogens is 2. The lowest BCUT2D eigenvalue weighted by molar-refractivity contribution is -0.119. The molecule has 0 bridgehead atoms. The average molecular weight is 334 g/mol. The third kappa shape index (κ3) is 7.06. The zero-order valence-corrected chi connectivity index (χ0v) is 13.4. The quantitative estimate of drug-likeness (QED) is 0.740. The summed E-state index contributed by atoms with van der Waals surface area (Å²) in [4.78, 5) is 22.9. The summed E-state index contributed by atoms with van der Waals surface area (Å²) in [5, 5.41) is 3.18. The lowest BCUT2D eigenvalue weighted by Gasteiger charge is -2.19. The van der Waals surface area contributed by atoms with Gasteiger partial charge in [0.2, 0.25) is 0 Å². The lowest BCUT2D eigenvalue weighted by atomic mass is 10.2. The summed E-state index contributed by atoms with van der Waals surface area (Å²) in [6.07, 6.45) is -0.665. The van der Waals surface area contributed by atoms with E-state index in [0.717, 1.165) is 0 Å². The maximum atomic E-state index is 11.6. The van der Waals surface area contributed by atoms with Crippen molar-refractivity contribution in [1.29, 1.82) is 0 Å². The Morgan fingerprint density at radius 1 is 1.24 bits per heavy atom. The summed E-state index contributed by atoms with van der Waals surface area (Å²) < 4.78 is 5.00. The molecule has 1 rings (SSSR count). The van der Waals surface area contributed by atoms with Gasteiger partial charge in [-0.05, 0) is 39.0 Å². The summed E-state index contributed by atoms with van der Waals surface area (Å²) in [5.41, 5.74) is 4.90. The average Bonchev–Trinajstić information content (AvgIpc) is 2.33. The van der Waals surface area contributed by atoms with Crippen molar-refractivity contribution in [3.8, 4) is 0 Å². The van der Waals surface area contributed by atoms with Gasteiger partial charge in [-0.1, -0.05) is 23.2 Å². The number of rotatable bonds is 4. The first-order chi connectivity index (χ1) is 9.67. The highest BCUT2D eigenvalue weighted by atomic mass is 35.5. The molecule has 0 spiro atoms. The Bertz CT molecular complexity index is 530. The Hall–Kier alpha value is -1.66. The second kappa shape index (κ2) is 7.38. The molecule has 6 nitrogen and oxygen atoms in total. The largest absolute Gasteiger partial charge is 0.444 e. The molecule has 2 amide bonds. The van der Waals surface area contributed by atoms with E-state index in [1.165, 1.54) is 6.07 Å². The highest BCUT2D eigenvalue weighted by Crippen LogP contribution is 2.24. The van der Waals surface area contributed by atoms with Crippen LogP contribution in [0.2, 0.25) is 10.0 Å². The Morgan fingerprint density at radius 3 is 2.48 bits per heavy atom.